The lowest BCUT2D eigenvalue weighted by molar-refractivity contribution is -0.139. The van der Waals surface area contributed by atoms with Crippen LogP contribution < -0.4 is 10.1 Å². The average Bonchev–Trinajstić information content (AvgIpc) is 2.64. The lowest BCUT2D eigenvalue weighted by Crippen LogP contribution is -2.42. The Morgan fingerprint density at radius 2 is 1.80 bits per heavy atom. The lowest BCUT2D eigenvalue weighted by atomic mass is 10.0. The predicted octanol–water partition coefficient (Wildman–Crippen LogP) is 3.80. The number of hydrogen-bond donors (Lipinski definition) is 1. The number of benzene rings is 1. The quantitative estimate of drug-likeness (QED) is 0.649. The van der Waals surface area contributed by atoms with Crippen LogP contribution in [0.1, 0.15) is 57.3 Å². The van der Waals surface area contributed by atoms with Crippen molar-refractivity contribution in [2.75, 3.05) is 25.6 Å². The van der Waals surface area contributed by atoms with Crippen LogP contribution in [-0.4, -0.2) is 37.8 Å². The number of carbonyl (C=O) groups is 2. The summed E-state index contributed by atoms with van der Waals surface area (Å²) in [6.07, 6.45) is 2.20. The number of hydrogen-bond acceptors (Lipinski definition) is 5. The number of ether oxygens (including phenoxy) is 3. The summed E-state index contributed by atoms with van der Waals surface area (Å²) in [6.45, 7) is 8.64. The molecule has 0 saturated heterocycles. The first kappa shape index (κ1) is 21.0. The largest absolute Gasteiger partial charge is 0.493 e. The molecule has 1 aromatic carbocycles. The van der Waals surface area contributed by atoms with Crippen molar-refractivity contribution in [2.45, 2.75) is 52.6 Å². The van der Waals surface area contributed by atoms with Gasteiger partial charge in [0, 0.05) is 12.3 Å². The molecule has 1 aromatic rings. The number of anilines is 1. The molecule has 0 aliphatic heterocycles. The standard InChI is InChI=1S/C19H29NO5/c1-6-11-24-16-10-9-14(13-15(16)17(21)23-5)20-18(22)19(4,8-3)25-12-7-2/h9-10,13H,6-8,11-12H2,1-5H3,(H,20,22)/t19-/m1/s1. The molecule has 0 aromatic heterocycles. The van der Waals surface area contributed by atoms with Crippen LogP contribution in [0.15, 0.2) is 18.2 Å². The fourth-order valence-electron chi connectivity index (χ4n) is 2.13. The fraction of sp³-hybridized carbons (Fsp3) is 0.579. The van der Waals surface area contributed by atoms with Crippen LogP contribution in [0.3, 0.4) is 0 Å². The second kappa shape index (κ2) is 10.0. The Morgan fingerprint density at radius 3 is 2.36 bits per heavy atom. The Kier molecular flexibility index (Phi) is 8.41. The van der Waals surface area contributed by atoms with Crippen LogP contribution in [0.4, 0.5) is 5.69 Å². The van der Waals surface area contributed by atoms with Gasteiger partial charge in [-0.25, -0.2) is 4.79 Å². The Bertz CT molecular complexity index is 587. The third kappa shape index (κ3) is 5.74. The highest BCUT2D eigenvalue weighted by Gasteiger charge is 2.32. The molecule has 0 aliphatic rings. The topological polar surface area (TPSA) is 73.9 Å². The molecule has 0 fully saturated rings. The Morgan fingerprint density at radius 1 is 1.12 bits per heavy atom. The number of nitrogens with one attached hydrogen (secondary N) is 1. The van der Waals surface area contributed by atoms with Gasteiger partial charge in [0.25, 0.3) is 5.91 Å². The molecule has 1 N–H and O–H groups in total. The van der Waals surface area contributed by atoms with E-state index < -0.39 is 11.6 Å². The minimum Gasteiger partial charge on any atom is -0.493 e. The molecule has 1 atom stereocenters. The maximum atomic E-state index is 12.6. The highest BCUT2D eigenvalue weighted by Crippen LogP contribution is 2.26. The number of rotatable bonds is 10. The summed E-state index contributed by atoms with van der Waals surface area (Å²) < 4.78 is 16.1. The first-order valence-corrected chi connectivity index (χ1v) is 8.72. The van der Waals surface area contributed by atoms with E-state index in [0.717, 1.165) is 12.8 Å². The van der Waals surface area contributed by atoms with Crippen molar-refractivity contribution < 1.29 is 23.8 Å². The third-order valence-electron chi connectivity index (χ3n) is 3.88. The summed E-state index contributed by atoms with van der Waals surface area (Å²) in [5, 5.41) is 2.82. The molecule has 0 radical (unpaired) electrons. The molecular weight excluding hydrogens is 322 g/mol. The van der Waals surface area contributed by atoms with Crippen molar-refractivity contribution in [3.63, 3.8) is 0 Å². The van der Waals surface area contributed by atoms with Gasteiger partial charge in [-0.2, -0.15) is 0 Å². The Labute approximate surface area is 149 Å². The van der Waals surface area contributed by atoms with Gasteiger partial charge < -0.3 is 19.5 Å². The molecule has 1 rings (SSSR count). The monoisotopic (exact) mass is 351 g/mol. The molecule has 0 spiro atoms. The van der Waals surface area contributed by atoms with Crippen LogP contribution in [-0.2, 0) is 14.3 Å². The molecule has 0 unspecified atom stereocenters. The Balaban J connectivity index is 3.01. The summed E-state index contributed by atoms with van der Waals surface area (Å²) in [6, 6.07) is 4.92. The van der Waals surface area contributed by atoms with Crippen molar-refractivity contribution in [2.24, 2.45) is 0 Å². The summed E-state index contributed by atoms with van der Waals surface area (Å²) in [5.41, 5.74) is -0.144. The molecule has 25 heavy (non-hydrogen) atoms. The second-order valence-electron chi connectivity index (χ2n) is 5.94. The summed E-state index contributed by atoms with van der Waals surface area (Å²) >= 11 is 0. The van der Waals surface area contributed by atoms with Gasteiger partial charge in [-0.3, -0.25) is 4.79 Å². The minimum atomic E-state index is -0.918. The highest BCUT2D eigenvalue weighted by atomic mass is 16.5. The SMILES string of the molecule is CCCOc1ccc(NC(=O)[C@@](C)(CC)OCCC)cc1C(=O)OC. The molecular formula is C19H29NO5. The van der Waals surface area contributed by atoms with Crippen molar-refractivity contribution in [1.82, 2.24) is 0 Å². The van der Waals surface area contributed by atoms with Gasteiger partial charge in [0.15, 0.2) is 0 Å². The zero-order valence-corrected chi connectivity index (χ0v) is 15.8. The molecule has 0 bridgehead atoms. The Hall–Kier alpha value is -2.08. The van der Waals surface area contributed by atoms with Gasteiger partial charge in [0.1, 0.15) is 16.9 Å². The van der Waals surface area contributed by atoms with Crippen LogP contribution in [0.2, 0.25) is 0 Å². The normalized spacial score (nSPS) is 13.0. The summed E-state index contributed by atoms with van der Waals surface area (Å²) in [5.74, 6) is -0.323. The van der Waals surface area contributed by atoms with E-state index in [2.05, 4.69) is 5.32 Å². The van der Waals surface area contributed by atoms with E-state index in [1.54, 1.807) is 25.1 Å². The molecule has 6 heteroatoms. The summed E-state index contributed by atoms with van der Waals surface area (Å²) in [7, 11) is 1.31. The average molecular weight is 351 g/mol. The second-order valence-corrected chi connectivity index (χ2v) is 5.94. The first-order valence-electron chi connectivity index (χ1n) is 8.72. The van der Waals surface area contributed by atoms with Crippen LogP contribution in [0, 0.1) is 0 Å². The molecule has 0 saturated carbocycles. The van der Waals surface area contributed by atoms with Gasteiger partial charge in [0.05, 0.1) is 13.7 Å². The van der Waals surface area contributed by atoms with E-state index in [0.29, 0.717) is 31.1 Å². The number of amides is 1. The van der Waals surface area contributed by atoms with Crippen molar-refractivity contribution in [1.29, 1.82) is 0 Å². The zero-order chi connectivity index (χ0) is 18.9. The van der Waals surface area contributed by atoms with Crippen LogP contribution >= 0.6 is 0 Å². The smallest absolute Gasteiger partial charge is 0.341 e. The molecule has 140 valence electrons. The van der Waals surface area contributed by atoms with E-state index >= 15 is 0 Å². The van der Waals surface area contributed by atoms with Gasteiger partial charge >= 0.3 is 5.97 Å². The predicted molar refractivity (Wildman–Crippen MR) is 97.1 cm³/mol. The van der Waals surface area contributed by atoms with Crippen LogP contribution in [0.25, 0.3) is 0 Å². The number of carbonyl (C=O) groups excluding carboxylic acids is 2. The van der Waals surface area contributed by atoms with Crippen molar-refractivity contribution in [3.05, 3.63) is 23.8 Å². The maximum Gasteiger partial charge on any atom is 0.341 e. The van der Waals surface area contributed by atoms with E-state index in [1.165, 1.54) is 7.11 Å². The van der Waals surface area contributed by atoms with E-state index in [9.17, 15) is 9.59 Å². The van der Waals surface area contributed by atoms with Gasteiger partial charge in [-0.15, -0.1) is 0 Å². The maximum absolute atomic E-state index is 12.6. The summed E-state index contributed by atoms with van der Waals surface area (Å²) in [4.78, 5) is 24.6. The minimum absolute atomic E-state index is 0.249. The zero-order valence-electron chi connectivity index (χ0n) is 15.8. The van der Waals surface area contributed by atoms with E-state index in [-0.39, 0.29) is 11.5 Å². The van der Waals surface area contributed by atoms with Crippen molar-refractivity contribution >= 4 is 17.6 Å². The van der Waals surface area contributed by atoms with Gasteiger partial charge in [-0.1, -0.05) is 20.8 Å². The van der Waals surface area contributed by atoms with Gasteiger partial charge in [-0.05, 0) is 44.4 Å². The molecule has 0 aliphatic carbocycles. The third-order valence-corrected chi connectivity index (χ3v) is 3.88. The fourth-order valence-corrected chi connectivity index (χ4v) is 2.13. The lowest BCUT2D eigenvalue weighted by Gasteiger charge is -2.27. The van der Waals surface area contributed by atoms with Crippen molar-refractivity contribution in [3.8, 4) is 5.75 Å². The molecule has 0 heterocycles. The number of esters is 1. The highest BCUT2D eigenvalue weighted by molar-refractivity contribution is 5.99. The van der Waals surface area contributed by atoms with E-state index in [4.69, 9.17) is 14.2 Å². The number of methoxy groups -OCH3 is 1. The van der Waals surface area contributed by atoms with E-state index in [1.807, 2.05) is 20.8 Å². The first-order chi connectivity index (χ1) is 11.9. The molecule has 6 nitrogen and oxygen atoms in total. The molecule has 1 amide bonds. The van der Waals surface area contributed by atoms with Crippen LogP contribution in [0.5, 0.6) is 5.75 Å². The van der Waals surface area contributed by atoms with Gasteiger partial charge in [0.2, 0.25) is 0 Å².